The second kappa shape index (κ2) is 17.0. The van der Waals surface area contributed by atoms with Crippen molar-refractivity contribution in [1.29, 1.82) is 0 Å². The van der Waals surface area contributed by atoms with Crippen molar-refractivity contribution < 1.29 is 56.8 Å². The summed E-state index contributed by atoms with van der Waals surface area (Å²) in [5.41, 5.74) is 2.02. The molecule has 294 valence electrons. The van der Waals surface area contributed by atoms with Gasteiger partial charge in [0.15, 0.2) is 35.9 Å². The number of carbonyl (C=O) groups is 4. The Balaban J connectivity index is 1.50. The molecule has 2 aliphatic heterocycles. The minimum atomic E-state index is -1.39. The molecule has 1 saturated heterocycles. The Morgan fingerprint density at radius 1 is 0.944 bits per heavy atom. The third kappa shape index (κ3) is 9.38. The third-order valence-electron chi connectivity index (χ3n) is 9.37. The quantitative estimate of drug-likeness (QED) is 0.0946. The van der Waals surface area contributed by atoms with E-state index in [1.54, 1.807) is 0 Å². The van der Waals surface area contributed by atoms with Gasteiger partial charge in [-0.25, -0.2) is 9.48 Å². The molecule has 0 saturated carbocycles. The summed E-state index contributed by atoms with van der Waals surface area (Å²) in [6, 6.07) is 2.02. The number of unbranched alkanes of at least 4 members (excludes halogenated alkanes) is 3. The van der Waals surface area contributed by atoms with Crippen LogP contribution >= 0.6 is 0 Å². The smallest absolute Gasteiger partial charge is 0.339 e. The Morgan fingerprint density at radius 2 is 1.63 bits per heavy atom. The fraction of sp³-hybridized carbons (Fsp3) is 0.605. The van der Waals surface area contributed by atoms with E-state index in [-0.39, 0.29) is 23.6 Å². The highest BCUT2D eigenvalue weighted by molar-refractivity contribution is 5.90. The van der Waals surface area contributed by atoms with Gasteiger partial charge in [-0.3, -0.25) is 19.2 Å². The molecule has 2 aromatic heterocycles. The van der Waals surface area contributed by atoms with E-state index in [2.05, 4.69) is 17.2 Å². The zero-order valence-electron chi connectivity index (χ0n) is 32.1. The number of benzene rings is 1. The minimum Gasteiger partial charge on any atom is -0.484 e. The fourth-order valence-electron chi connectivity index (χ4n) is 6.80. The maximum Gasteiger partial charge on any atom is 0.339 e. The first-order valence-corrected chi connectivity index (χ1v) is 18.2. The standard InChI is InChI=1S/C38H49N3O13/c1-9-10-11-12-13-27-20(2)28-16-25-14-15-38(7,8)54-30(25)33(31(28)53-37(27)46)48-18-26-17-41(40-39-26)36-35(51-24(6)45)34(50-23(5)44)32(49-22(4)43)29(52-36)19-47-21(3)42/h16-17,29,32,34-36H,9-15,18-19H2,1-8H3/t29-,32-,34+,35-,36-/m1/s1. The van der Waals surface area contributed by atoms with Crippen LogP contribution in [0.1, 0.15) is 109 Å². The average molecular weight is 756 g/mol. The number of hydrogen-bond acceptors (Lipinski definition) is 15. The van der Waals surface area contributed by atoms with Crippen molar-refractivity contribution in [3.63, 3.8) is 0 Å². The molecule has 0 unspecified atom stereocenters. The van der Waals surface area contributed by atoms with Gasteiger partial charge in [0.05, 0.1) is 6.20 Å². The molecular formula is C38H49N3O13. The van der Waals surface area contributed by atoms with Crippen LogP contribution in [0, 0.1) is 6.92 Å². The molecule has 5 rings (SSSR count). The number of aromatic nitrogens is 3. The highest BCUT2D eigenvalue weighted by Gasteiger charge is 2.53. The van der Waals surface area contributed by atoms with Gasteiger partial charge in [-0.15, -0.1) is 5.10 Å². The summed E-state index contributed by atoms with van der Waals surface area (Å²) in [5.74, 6) is -2.16. The summed E-state index contributed by atoms with van der Waals surface area (Å²) in [6.07, 6.45) is 1.10. The summed E-state index contributed by atoms with van der Waals surface area (Å²) in [6.45, 7) is 12.1. The van der Waals surface area contributed by atoms with Crippen LogP contribution in [-0.2, 0) is 62.3 Å². The van der Waals surface area contributed by atoms with E-state index in [0.717, 1.165) is 75.8 Å². The van der Waals surface area contributed by atoms with Crippen molar-refractivity contribution in [2.45, 2.75) is 143 Å². The SMILES string of the molecule is CCCCCCc1c(C)c2cc3c(c(OCc4cn([C@@H]5O[C@H](COC(C)=O)[C@@H](OC(C)=O)[C@H](OC(C)=O)[C@H]5OC(C)=O)nn4)c2oc1=O)OC(C)(C)CC3. The van der Waals surface area contributed by atoms with Crippen LogP contribution in [0.2, 0.25) is 0 Å². The van der Waals surface area contributed by atoms with Crippen LogP contribution < -0.4 is 15.1 Å². The van der Waals surface area contributed by atoms with E-state index < -0.39 is 72.4 Å². The number of nitrogens with zero attached hydrogens (tertiary/aromatic N) is 3. The molecule has 1 aromatic carbocycles. The van der Waals surface area contributed by atoms with E-state index >= 15 is 0 Å². The summed E-state index contributed by atoms with van der Waals surface area (Å²) in [5, 5.41) is 9.21. The molecule has 16 nitrogen and oxygen atoms in total. The Morgan fingerprint density at radius 3 is 2.30 bits per heavy atom. The van der Waals surface area contributed by atoms with Gasteiger partial charge in [0.25, 0.3) is 0 Å². The van der Waals surface area contributed by atoms with Gasteiger partial charge >= 0.3 is 29.5 Å². The summed E-state index contributed by atoms with van der Waals surface area (Å²) < 4.78 is 48.0. The molecule has 0 spiro atoms. The molecular weight excluding hydrogens is 706 g/mol. The Kier molecular flexibility index (Phi) is 12.7. The number of esters is 4. The van der Waals surface area contributed by atoms with Gasteiger partial charge < -0.3 is 37.6 Å². The van der Waals surface area contributed by atoms with Crippen LogP contribution in [-0.4, -0.2) is 75.5 Å². The van der Waals surface area contributed by atoms with Crippen molar-refractivity contribution in [3.05, 3.63) is 45.1 Å². The third-order valence-corrected chi connectivity index (χ3v) is 9.37. The van der Waals surface area contributed by atoms with Crippen LogP contribution in [0.4, 0.5) is 0 Å². The van der Waals surface area contributed by atoms with Crippen LogP contribution in [0.25, 0.3) is 11.0 Å². The average Bonchev–Trinajstić information content (AvgIpc) is 3.55. The second-order valence-electron chi connectivity index (χ2n) is 14.3. The molecule has 1 fully saturated rings. The van der Waals surface area contributed by atoms with Crippen molar-refractivity contribution in [2.75, 3.05) is 6.61 Å². The van der Waals surface area contributed by atoms with Crippen molar-refractivity contribution in [1.82, 2.24) is 15.0 Å². The fourth-order valence-corrected chi connectivity index (χ4v) is 6.80. The monoisotopic (exact) mass is 755 g/mol. The van der Waals surface area contributed by atoms with Crippen molar-refractivity contribution in [3.8, 4) is 11.5 Å². The number of rotatable bonds is 14. The zero-order chi connectivity index (χ0) is 39.3. The molecule has 0 N–H and O–H groups in total. The number of aryl methyl sites for hydroxylation is 2. The predicted molar refractivity (Wildman–Crippen MR) is 190 cm³/mol. The van der Waals surface area contributed by atoms with E-state index in [0.29, 0.717) is 17.7 Å². The van der Waals surface area contributed by atoms with E-state index in [1.807, 2.05) is 26.8 Å². The molecule has 0 aliphatic carbocycles. The lowest BCUT2D eigenvalue weighted by Gasteiger charge is -2.44. The zero-order valence-corrected chi connectivity index (χ0v) is 32.1. The maximum atomic E-state index is 13.4. The van der Waals surface area contributed by atoms with Crippen LogP contribution in [0.3, 0.4) is 0 Å². The summed E-state index contributed by atoms with van der Waals surface area (Å²) >= 11 is 0. The summed E-state index contributed by atoms with van der Waals surface area (Å²) in [7, 11) is 0. The predicted octanol–water partition coefficient (Wildman–Crippen LogP) is 4.75. The van der Waals surface area contributed by atoms with Gasteiger partial charge in [0.2, 0.25) is 5.75 Å². The lowest BCUT2D eigenvalue weighted by molar-refractivity contribution is -0.270. The molecule has 0 bridgehead atoms. The van der Waals surface area contributed by atoms with Crippen molar-refractivity contribution >= 4 is 34.8 Å². The topological polar surface area (TPSA) is 194 Å². The highest BCUT2D eigenvalue weighted by atomic mass is 16.7. The van der Waals surface area contributed by atoms with Crippen molar-refractivity contribution in [2.24, 2.45) is 0 Å². The molecule has 5 atom stereocenters. The molecule has 16 heteroatoms. The van der Waals surface area contributed by atoms with Gasteiger partial charge in [-0.2, -0.15) is 0 Å². The molecule has 0 radical (unpaired) electrons. The molecule has 54 heavy (non-hydrogen) atoms. The lowest BCUT2D eigenvalue weighted by atomic mass is 9.91. The number of carbonyl (C=O) groups excluding carboxylic acids is 4. The van der Waals surface area contributed by atoms with E-state index in [9.17, 15) is 24.0 Å². The first kappa shape index (κ1) is 40.2. The van der Waals surface area contributed by atoms with Gasteiger partial charge in [-0.05, 0) is 63.6 Å². The van der Waals surface area contributed by atoms with Gasteiger partial charge in [0.1, 0.15) is 30.6 Å². The Bertz CT molecular complexity index is 1930. The lowest BCUT2D eigenvalue weighted by Crippen LogP contribution is -2.60. The van der Waals surface area contributed by atoms with Crippen LogP contribution in [0.5, 0.6) is 11.5 Å². The summed E-state index contributed by atoms with van der Waals surface area (Å²) in [4.78, 5) is 61.8. The molecule has 2 aliphatic rings. The maximum absolute atomic E-state index is 13.4. The first-order valence-electron chi connectivity index (χ1n) is 18.2. The Hall–Kier alpha value is -4.99. The first-order chi connectivity index (χ1) is 25.6. The number of fused-ring (bicyclic) bond motifs is 2. The largest absolute Gasteiger partial charge is 0.484 e. The molecule has 0 amide bonds. The normalized spacial score (nSPS) is 21.7. The van der Waals surface area contributed by atoms with Gasteiger partial charge in [0, 0.05) is 38.6 Å². The molecule has 3 aromatic rings. The highest BCUT2D eigenvalue weighted by Crippen LogP contribution is 2.46. The second-order valence-corrected chi connectivity index (χ2v) is 14.3. The van der Waals surface area contributed by atoms with Crippen LogP contribution in [0.15, 0.2) is 21.5 Å². The van der Waals surface area contributed by atoms with E-state index in [4.69, 9.17) is 37.6 Å². The van der Waals surface area contributed by atoms with Gasteiger partial charge in [-0.1, -0.05) is 31.4 Å². The number of hydrogen-bond donors (Lipinski definition) is 0. The van der Waals surface area contributed by atoms with E-state index in [1.165, 1.54) is 17.8 Å². The minimum absolute atomic E-state index is 0.165. The number of ether oxygens (including phenoxy) is 7. The Labute approximate surface area is 312 Å². The molecule has 4 heterocycles.